The van der Waals surface area contributed by atoms with Gasteiger partial charge in [0.15, 0.2) is 0 Å². The second-order valence-electron chi connectivity index (χ2n) is 3.03. The molecule has 0 aromatic rings. The van der Waals surface area contributed by atoms with Gasteiger partial charge in [0, 0.05) is 12.5 Å². The Labute approximate surface area is 64.2 Å². The first-order chi connectivity index (χ1) is 5.06. The summed E-state index contributed by atoms with van der Waals surface area (Å²) < 4.78 is 25.7. The number of hydrogen-bond acceptors (Lipinski definition) is 1. The molecule has 0 saturated carbocycles. The van der Waals surface area contributed by atoms with Crippen molar-refractivity contribution in [3.8, 4) is 0 Å². The second-order valence-corrected chi connectivity index (χ2v) is 3.03. The van der Waals surface area contributed by atoms with E-state index in [9.17, 15) is 13.6 Å². The number of piperidine rings is 1. The first kappa shape index (κ1) is 8.43. The molecule has 1 saturated heterocycles. The number of nitrogens with zero attached hydrogens (tertiary/aromatic N) is 1. The Balaban J connectivity index is 2.58. The van der Waals surface area contributed by atoms with Crippen molar-refractivity contribution in [2.24, 2.45) is 5.92 Å². The average Bonchev–Trinajstić information content (AvgIpc) is 1.95. The molecule has 1 aliphatic heterocycles. The van der Waals surface area contributed by atoms with Crippen molar-refractivity contribution in [3.63, 3.8) is 0 Å². The molecule has 0 spiro atoms. The van der Waals surface area contributed by atoms with Gasteiger partial charge in [0.1, 0.15) is 0 Å². The van der Waals surface area contributed by atoms with Crippen LogP contribution in [0.25, 0.3) is 0 Å². The van der Waals surface area contributed by atoms with Crippen molar-refractivity contribution in [1.82, 2.24) is 4.90 Å². The number of likely N-dealkylation sites (tertiary alicyclic amines) is 1. The van der Waals surface area contributed by atoms with E-state index in [1.165, 1.54) is 6.92 Å². The topological polar surface area (TPSA) is 20.3 Å². The molecule has 1 aliphatic rings. The molecule has 64 valence electrons. The fraction of sp³-hybridized carbons (Fsp3) is 0.857. The van der Waals surface area contributed by atoms with Crippen LogP contribution in [0.3, 0.4) is 0 Å². The molecule has 0 aromatic carbocycles. The van der Waals surface area contributed by atoms with Crippen molar-refractivity contribution < 1.29 is 13.6 Å². The Morgan fingerprint density at radius 1 is 1.64 bits per heavy atom. The van der Waals surface area contributed by atoms with E-state index in [1.54, 1.807) is 0 Å². The largest absolute Gasteiger partial charge is 0.339 e. The van der Waals surface area contributed by atoms with Gasteiger partial charge in [-0.15, -0.1) is 0 Å². The zero-order valence-electron chi connectivity index (χ0n) is 6.39. The lowest BCUT2D eigenvalue weighted by atomic mass is 9.95. The summed E-state index contributed by atoms with van der Waals surface area (Å²) in [7, 11) is 0. The molecule has 0 N–H and O–H groups in total. The predicted octanol–water partition coefficient (Wildman–Crippen LogP) is 1.12. The van der Waals surface area contributed by atoms with E-state index in [0.29, 0.717) is 19.4 Å². The molecular weight excluding hydrogens is 152 g/mol. The molecule has 1 heterocycles. The standard InChI is InChI=1S/C7H11F2NO/c1-6-2-3-10(5-11)4-7(6,8)9/h5-6H,2-4H2,1H3/t6-/m0/s1. The highest BCUT2D eigenvalue weighted by Crippen LogP contribution is 2.31. The smallest absolute Gasteiger partial charge is 0.267 e. The average molecular weight is 163 g/mol. The van der Waals surface area contributed by atoms with Crippen molar-refractivity contribution in [2.45, 2.75) is 19.3 Å². The summed E-state index contributed by atoms with van der Waals surface area (Å²) in [5, 5.41) is 0. The van der Waals surface area contributed by atoms with Gasteiger partial charge in [0.2, 0.25) is 6.41 Å². The van der Waals surface area contributed by atoms with Gasteiger partial charge < -0.3 is 4.90 Å². The number of rotatable bonds is 1. The van der Waals surface area contributed by atoms with Gasteiger partial charge >= 0.3 is 0 Å². The van der Waals surface area contributed by atoms with Gasteiger partial charge in [-0.3, -0.25) is 4.79 Å². The number of carbonyl (C=O) groups is 1. The summed E-state index contributed by atoms with van der Waals surface area (Å²) >= 11 is 0. The molecule has 0 radical (unpaired) electrons. The fourth-order valence-corrected chi connectivity index (χ4v) is 1.17. The lowest BCUT2D eigenvalue weighted by Crippen LogP contribution is -2.46. The molecule has 0 aromatic heterocycles. The fourth-order valence-electron chi connectivity index (χ4n) is 1.17. The number of halogens is 2. The van der Waals surface area contributed by atoms with Crippen molar-refractivity contribution in [3.05, 3.63) is 0 Å². The van der Waals surface area contributed by atoms with E-state index < -0.39 is 18.4 Å². The Bertz CT molecular complexity index is 161. The maximum absolute atomic E-state index is 12.8. The minimum absolute atomic E-state index is 0.395. The lowest BCUT2D eigenvalue weighted by molar-refractivity contribution is -0.136. The summed E-state index contributed by atoms with van der Waals surface area (Å²) in [5.41, 5.74) is 0. The van der Waals surface area contributed by atoms with Gasteiger partial charge in [-0.2, -0.15) is 0 Å². The van der Waals surface area contributed by atoms with Crippen LogP contribution in [0.5, 0.6) is 0 Å². The molecule has 1 fully saturated rings. The first-order valence-electron chi connectivity index (χ1n) is 3.63. The monoisotopic (exact) mass is 163 g/mol. The summed E-state index contributed by atoms with van der Waals surface area (Å²) in [6.45, 7) is 1.56. The third-order valence-corrected chi connectivity index (χ3v) is 2.13. The van der Waals surface area contributed by atoms with Gasteiger partial charge in [0.25, 0.3) is 5.92 Å². The molecule has 4 heteroatoms. The highest BCUT2D eigenvalue weighted by molar-refractivity contribution is 5.47. The Morgan fingerprint density at radius 2 is 2.27 bits per heavy atom. The normalized spacial score (nSPS) is 30.1. The molecule has 0 bridgehead atoms. The SMILES string of the molecule is C[C@H]1CCN(C=O)CC1(F)F. The van der Waals surface area contributed by atoms with Gasteiger partial charge in [0.05, 0.1) is 6.54 Å². The number of hydrogen-bond donors (Lipinski definition) is 0. The van der Waals surface area contributed by atoms with Crippen LogP contribution in [0.4, 0.5) is 8.78 Å². The first-order valence-corrected chi connectivity index (χ1v) is 3.63. The highest BCUT2D eigenvalue weighted by atomic mass is 19.3. The van der Waals surface area contributed by atoms with E-state index in [1.807, 2.05) is 0 Å². The van der Waals surface area contributed by atoms with E-state index in [-0.39, 0.29) is 0 Å². The third-order valence-electron chi connectivity index (χ3n) is 2.13. The summed E-state index contributed by atoms with van der Waals surface area (Å²) in [5.74, 6) is -3.29. The molecule has 1 atom stereocenters. The molecule has 1 rings (SSSR count). The number of carbonyl (C=O) groups excluding carboxylic acids is 1. The maximum Gasteiger partial charge on any atom is 0.267 e. The number of alkyl halides is 2. The minimum Gasteiger partial charge on any atom is -0.339 e. The van der Waals surface area contributed by atoms with E-state index in [2.05, 4.69) is 0 Å². The van der Waals surface area contributed by atoms with Crippen molar-refractivity contribution in [1.29, 1.82) is 0 Å². The van der Waals surface area contributed by atoms with E-state index >= 15 is 0 Å². The van der Waals surface area contributed by atoms with Crippen molar-refractivity contribution in [2.75, 3.05) is 13.1 Å². The van der Waals surface area contributed by atoms with Crippen LogP contribution in [0.1, 0.15) is 13.3 Å². The van der Waals surface area contributed by atoms with E-state index in [0.717, 1.165) is 4.90 Å². The van der Waals surface area contributed by atoms with Crippen LogP contribution < -0.4 is 0 Å². The zero-order chi connectivity index (χ0) is 8.48. The Morgan fingerprint density at radius 3 is 2.73 bits per heavy atom. The minimum atomic E-state index is -2.70. The third kappa shape index (κ3) is 1.67. The molecule has 11 heavy (non-hydrogen) atoms. The Kier molecular flexibility index (Phi) is 2.11. The summed E-state index contributed by atoms with van der Waals surface area (Å²) in [6, 6.07) is 0. The maximum atomic E-state index is 12.8. The molecular formula is C7H11F2NO. The van der Waals surface area contributed by atoms with Crippen molar-refractivity contribution >= 4 is 6.41 Å². The van der Waals surface area contributed by atoms with Crippen LogP contribution >= 0.6 is 0 Å². The molecule has 0 aliphatic carbocycles. The highest BCUT2D eigenvalue weighted by Gasteiger charge is 2.41. The van der Waals surface area contributed by atoms with E-state index in [4.69, 9.17) is 0 Å². The van der Waals surface area contributed by atoms with Crippen LogP contribution in [-0.2, 0) is 4.79 Å². The van der Waals surface area contributed by atoms with Crippen LogP contribution in [0, 0.1) is 5.92 Å². The summed E-state index contributed by atoms with van der Waals surface area (Å²) in [4.78, 5) is 11.3. The molecule has 0 unspecified atom stereocenters. The van der Waals surface area contributed by atoms with Gasteiger partial charge in [-0.05, 0) is 6.42 Å². The van der Waals surface area contributed by atoms with Crippen LogP contribution in [0.15, 0.2) is 0 Å². The van der Waals surface area contributed by atoms with Gasteiger partial charge in [-0.1, -0.05) is 6.92 Å². The van der Waals surface area contributed by atoms with Crippen LogP contribution in [0.2, 0.25) is 0 Å². The van der Waals surface area contributed by atoms with Crippen LogP contribution in [-0.4, -0.2) is 30.3 Å². The quantitative estimate of drug-likeness (QED) is 0.530. The number of amides is 1. The predicted molar refractivity (Wildman–Crippen MR) is 36.4 cm³/mol. The summed E-state index contributed by atoms with van der Waals surface area (Å²) in [6.07, 6.45) is 0.880. The lowest BCUT2D eigenvalue weighted by Gasteiger charge is -2.34. The zero-order valence-corrected chi connectivity index (χ0v) is 6.39. The van der Waals surface area contributed by atoms with Gasteiger partial charge in [-0.25, -0.2) is 8.78 Å². The molecule has 2 nitrogen and oxygen atoms in total. The molecule has 1 amide bonds. The Hall–Kier alpha value is -0.670. The second kappa shape index (κ2) is 2.75.